The summed E-state index contributed by atoms with van der Waals surface area (Å²) in [6.45, 7) is 2.25. The molecule has 1 aromatic rings. The van der Waals surface area contributed by atoms with Crippen molar-refractivity contribution < 1.29 is 4.79 Å². The third kappa shape index (κ3) is 4.34. The van der Waals surface area contributed by atoms with Gasteiger partial charge >= 0.3 is 0 Å². The van der Waals surface area contributed by atoms with Crippen LogP contribution in [-0.4, -0.2) is 5.91 Å². The number of amides is 1. The molecule has 1 amide bonds. The molecular formula is C17H24BrNO. The number of rotatable bonds is 8. The van der Waals surface area contributed by atoms with Crippen LogP contribution in [-0.2, 0) is 11.2 Å². The average Bonchev–Trinajstić information content (AvgIpc) is 2.81. The Balaban J connectivity index is 1.77. The van der Waals surface area contributed by atoms with Crippen LogP contribution in [0.2, 0.25) is 0 Å². The minimum absolute atomic E-state index is 0.110. The van der Waals surface area contributed by atoms with Gasteiger partial charge in [-0.2, -0.15) is 0 Å². The largest absolute Gasteiger partial charge is 0.326 e. The normalized spacial score (nSPS) is 15.0. The summed E-state index contributed by atoms with van der Waals surface area (Å²) in [4.78, 5) is 11.8. The maximum Gasteiger partial charge on any atom is 0.228 e. The lowest BCUT2D eigenvalue weighted by molar-refractivity contribution is -0.115. The standard InChI is InChI=1S/C17H24BrNO/c1-2-3-4-5-6-7-8-15(18)13-9-10-16-14(11-13)12-17(20)19-16/h9-11,15H,2-8,12H2,1H3,(H,19,20). The van der Waals surface area contributed by atoms with Crippen molar-refractivity contribution >= 4 is 27.5 Å². The van der Waals surface area contributed by atoms with Gasteiger partial charge in [-0.25, -0.2) is 0 Å². The first-order chi connectivity index (χ1) is 9.70. The van der Waals surface area contributed by atoms with Gasteiger partial charge in [-0.15, -0.1) is 0 Å². The van der Waals surface area contributed by atoms with Crippen molar-refractivity contribution in [3.8, 4) is 0 Å². The zero-order valence-electron chi connectivity index (χ0n) is 12.3. The molecule has 0 radical (unpaired) electrons. The number of fused-ring (bicyclic) bond motifs is 1. The highest BCUT2D eigenvalue weighted by Gasteiger charge is 2.18. The molecule has 0 fully saturated rings. The molecule has 0 aliphatic carbocycles. The number of anilines is 1. The molecule has 2 rings (SSSR count). The van der Waals surface area contributed by atoms with Crippen LogP contribution in [0.15, 0.2) is 18.2 Å². The molecule has 1 aliphatic rings. The van der Waals surface area contributed by atoms with Gasteiger partial charge < -0.3 is 5.32 Å². The van der Waals surface area contributed by atoms with E-state index >= 15 is 0 Å². The first kappa shape index (κ1) is 15.6. The predicted octanol–water partition coefficient (Wildman–Crippen LogP) is 5.37. The summed E-state index contributed by atoms with van der Waals surface area (Å²) in [5.41, 5.74) is 3.42. The summed E-state index contributed by atoms with van der Waals surface area (Å²) < 4.78 is 0. The molecule has 1 atom stereocenters. The lowest BCUT2D eigenvalue weighted by Crippen LogP contribution is -2.03. The highest BCUT2D eigenvalue weighted by Crippen LogP contribution is 2.33. The van der Waals surface area contributed by atoms with Gasteiger partial charge in [0.1, 0.15) is 0 Å². The smallest absolute Gasteiger partial charge is 0.228 e. The van der Waals surface area contributed by atoms with Gasteiger partial charge in [-0.3, -0.25) is 4.79 Å². The minimum Gasteiger partial charge on any atom is -0.326 e. The topological polar surface area (TPSA) is 29.1 Å². The second-order valence-electron chi connectivity index (χ2n) is 5.67. The number of carbonyl (C=O) groups is 1. The first-order valence-corrected chi connectivity index (χ1v) is 8.69. The summed E-state index contributed by atoms with van der Waals surface area (Å²) in [7, 11) is 0. The highest BCUT2D eigenvalue weighted by atomic mass is 79.9. The Morgan fingerprint density at radius 3 is 2.75 bits per heavy atom. The van der Waals surface area contributed by atoms with Crippen LogP contribution in [0.5, 0.6) is 0 Å². The summed E-state index contributed by atoms with van der Waals surface area (Å²) in [6.07, 6.45) is 9.70. The summed E-state index contributed by atoms with van der Waals surface area (Å²) in [5.74, 6) is 0.110. The fraction of sp³-hybridized carbons (Fsp3) is 0.588. The number of benzene rings is 1. The number of hydrogen-bond acceptors (Lipinski definition) is 1. The Morgan fingerprint density at radius 1 is 1.20 bits per heavy atom. The van der Waals surface area contributed by atoms with Crippen molar-refractivity contribution in [2.75, 3.05) is 5.32 Å². The quantitative estimate of drug-likeness (QED) is 0.501. The van der Waals surface area contributed by atoms with Gasteiger partial charge in [0.2, 0.25) is 5.91 Å². The Hall–Kier alpha value is -0.830. The van der Waals surface area contributed by atoms with Crippen molar-refractivity contribution in [2.24, 2.45) is 0 Å². The van der Waals surface area contributed by atoms with E-state index in [2.05, 4.69) is 40.3 Å². The number of nitrogens with one attached hydrogen (secondary N) is 1. The van der Waals surface area contributed by atoms with Gasteiger partial charge in [0, 0.05) is 10.5 Å². The number of alkyl halides is 1. The van der Waals surface area contributed by atoms with Crippen LogP contribution in [0.3, 0.4) is 0 Å². The van der Waals surface area contributed by atoms with Crippen LogP contribution >= 0.6 is 15.9 Å². The molecule has 0 saturated carbocycles. The number of carbonyl (C=O) groups excluding carboxylic acids is 1. The van der Waals surface area contributed by atoms with Crippen molar-refractivity contribution in [1.29, 1.82) is 0 Å². The zero-order chi connectivity index (χ0) is 14.4. The molecule has 110 valence electrons. The predicted molar refractivity (Wildman–Crippen MR) is 88.4 cm³/mol. The lowest BCUT2D eigenvalue weighted by atomic mass is 10.0. The van der Waals surface area contributed by atoms with E-state index in [0.29, 0.717) is 11.2 Å². The van der Waals surface area contributed by atoms with Crippen LogP contribution in [0.1, 0.15) is 67.8 Å². The number of hydrogen-bond donors (Lipinski definition) is 1. The summed E-state index contributed by atoms with van der Waals surface area (Å²) in [6, 6.07) is 6.33. The van der Waals surface area contributed by atoms with E-state index in [0.717, 1.165) is 11.3 Å². The van der Waals surface area contributed by atoms with Crippen molar-refractivity contribution in [3.05, 3.63) is 29.3 Å². The second-order valence-corrected chi connectivity index (χ2v) is 6.77. The molecule has 0 saturated heterocycles. The molecule has 3 heteroatoms. The van der Waals surface area contributed by atoms with Crippen molar-refractivity contribution in [2.45, 2.75) is 63.1 Å². The molecular weight excluding hydrogens is 314 g/mol. The van der Waals surface area contributed by atoms with E-state index < -0.39 is 0 Å². The van der Waals surface area contributed by atoms with Gasteiger partial charge in [0.15, 0.2) is 0 Å². The molecule has 0 aromatic heterocycles. The fourth-order valence-corrected chi connectivity index (χ4v) is 3.32. The Kier molecular flexibility index (Phi) is 6.08. The van der Waals surface area contributed by atoms with Crippen LogP contribution in [0.25, 0.3) is 0 Å². The molecule has 20 heavy (non-hydrogen) atoms. The molecule has 2 nitrogen and oxygen atoms in total. The Morgan fingerprint density at radius 2 is 1.95 bits per heavy atom. The Bertz CT molecular complexity index is 458. The molecule has 1 aromatic carbocycles. The second kappa shape index (κ2) is 7.82. The Labute approximate surface area is 130 Å². The maximum atomic E-state index is 11.4. The van der Waals surface area contributed by atoms with Gasteiger partial charge in [0.05, 0.1) is 6.42 Å². The van der Waals surface area contributed by atoms with Gasteiger partial charge in [-0.1, -0.05) is 73.5 Å². The summed E-state index contributed by atoms with van der Waals surface area (Å²) in [5, 5.41) is 2.88. The molecule has 1 N–H and O–H groups in total. The number of unbranched alkanes of at least 4 members (excludes halogenated alkanes) is 5. The van der Waals surface area contributed by atoms with E-state index in [1.165, 1.54) is 50.5 Å². The molecule has 0 spiro atoms. The fourth-order valence-electron chi connectivity index (χ4n) is 2.71. The minimum atomic E-state index is 0.110. The van der Waals surface area contributed by atoms with E-state index in [1.807, 2.05) is 6.07 Å². The maximum absolute atomic E-state index is 11.4. The number of halogens is 1. The van der Waals surface area contributed by atoms with Crippen LogP contribution in [0, 0.1) is 0 Å². The summed E-state index contributed by atoms with van der Waals surface area (Å²) >= 11 is 3.79. The van der Waals surface area contributed by atoms with Crippen LogP contribution in [0.4, 0.5) is 5.69 Å². The molecule has 1 unspecified atom stereocenters. The van der Waals surface area contributed by atoms with E-state index in [-0.39, 0.29) is 5.91 Å². The lowest BCUT2D eigenvalue weighted by Gasteiger charge is -2.11. The van der Waals surface area contributed by atoms with Gasteiger partial charge in [-0.05, 0) is 23.6 Å². The van der Waals surface area contributed by atoms with E-state index in [1.54, 1.807) is 0 Å². The highest BCUT2D eigenvalue weighted by molar-refractivity contribution is 9.09. The van der Waals surface area contributed by atoms with E-state index in [4.69, 9.17) is 0 Å². The van der Waals surface area contributed by atoms with Crippen molar-refractivity contribution in [3.63, 3.8) is 0 Å². The van der Waals surface area contributed by atoms with E-state index in [9.17, 15) is 4.79 Å². The molecule has 1 aliphatic heterocycles. The van der Waals surface area contributed by atoms with Gasteiger partial charge in [0.25, 0.3) is 0 Å². The van der Waals surface area contributed by atoms with Crippen molar-refractivity contribution in [1.82, 2.24) is 0 Å². The third-order valence-corrected chi connectivity index (χ3v) is 4.91. The third-order valence-electron chi connectivity index (χ3n) is 3.93. The van der Waals surface area contributed by atoms with Crippen LogP contribution < -0.4 is 5.32 Å². The first-order valence-electron chi connectivity index (χ1n) is 7.77. The monoisotopic (exact) mass is 337 g/mol. The zero-order valence-corrected chi connectivity index (χ0v) is 13.8. The SMILES string of the molecule is CCCCCCCCC(Br)c1ccc2c(c1)CC(=O)N2. The average molecular weight is 338 g/mol. The molecule has 1 heterocycles. The molecule has 0 bridgehead atoms.